The number of rotatable bonds is 13. The number of esters is 1. The highest BCUT2D eigenvalue weighted by Crippen LogP contribution is 2.33. The van der Waals surface area contributed by atoms with E-state index in [4.69, 9.17) is 37.5 Å². The zero-order valence-electron chi connectivity index (χ0n) is 24.5. The Labute approximate surface area is 255 Å². The van der Waals surface area contributed by atoms with Crippen LogP contribution in [0.1, 0.15) is 58.5 Å². The van der Waals surface area contributed by atoms with Crippen LogP contribution in [0.2, 0.25) is 0 Å². The lowest BCUT2D eigenvalue weighted by molar-refractivity contribution is -0.139. The van der Waals surface area contributed by atoms with Crippen molar-refractivity contribution in [2.24, 2.45) is 17.2 Å². The summed E-state index contributed by atoms with van der Waals surface area (Å²) in [5, 5.41) is 15.5. The Morgan fingerprint density at radius 3 is 2.18 bits per heavy atom. The van der Waals surface area contributed by atoms with Gasteiger partial charge < -0.3 is 31.6 Å². The van der Waals surface area contributed by atoms with Crippen molar-refractivity contribution in [1.29, 1.82) is 10.8 Å². The summed E-state index contributed by atoms with van der Waals surface area (Å²) < 4.78 is 38.8. The molecule has 1 aliphatic rings. The summed E-state index contributed by atoms with van der Waals surface area (Å²) in [5.74, 6) is -3.89. The van der Waals surface area contributed by atoms with Crippen LogP contribution in [0.5, 0.6) is 5.75 Å². The SMILES string of the molecule is CCOC(=O)CS(=O)(=O)N(C/C=C/c1cccc(C(=N)N)c1)c1cc(C(N)=O)c(OC2CCN(C(C)=N)CC2)c(C(N)=O)c1. The monoisotopic (exact) mass is 627 g/mol. The predicted molar refractivity (Wildman–Crippen MR) is 166 cm³/mol. The van der Waals surface area contributed by atoms with Gasteiger partial charge in [0.15, 0.2) is 5.75 Å². The van der Waals surface area contributed by atoms with E-state index in [1.165, 1.54) is 25.1 Å². The van der Waals surface area contributed by atoms with E-state index in [1.54, 1.807) is 37.3 Å². The lowest BCUT2D eigenvalue weighted by Crippen LogP contribution is -2.41. The average molecular weight is 628 g/mol. The molecule has 0 radical (unpaired) electrons. The summed E-state index contributed by atoms with van der Waals surface area (Å²) >= 11 is 0. The molecule has 0 bridgehead atoms. The van der Waals surface area contributed by atoms with Gasteiger partial charge in [0.2, 0.25) is 10.0 Å². The van der Waals surface area contributed by atoms with E-state index in [9.17, 15) is 22.8 Å². The lowest BCUT2D eigenvalue weighted by Gasteiger charge is -2.33. The molecule has 2 aromatic carbocycles. The molecule has 3 rings (SSSR count). The van der Waals surface area contributed by atoms with Gasteiger partial charge in [-0.2, -0.15) is 0 Å². The van der Waals surface area contributed by atoms with Gasteiger partial charge in [-0.05, 0) is 37.6 Å². The third-order valence-electron chi connectivity index (χ3n) is 6.81. The number of nitrogen functional groups attached to an aromatic ring is 1. The first-order valence-electron chi connectivity index (χ1n) is 13.7. The number of nitrogens with two attached hydrogens (primary N) is 3. The Balaban J connectivity index is 2.06. The summed E-state index contributed by atoms with van der Waals surface area (Å²) in [6, 6.07) is 9.03. The van der Waals surface area contributed by atoms with Crippen LogP contribution in [-0.4, -0.2) is 80.9 Å². The Hall–Kier alpha value is -4.92. The molecule has 2 aromatic rings. The molecule has 1 saturated heterocycles. The zero-order chi connectivity index (χ0) is 32.6. The van der Waals surface area contributed by atoms with E-state index in [1.807, 2.05) is 4.90 Å². The fourth-order valence-corrected chi connectivity index (χ4v) is 5.91. The van der Waals surface area contributed by atoms with Crippen LogP contribution in [0.4, 0.5) is 5.69 Å². The number of nitrogens with one attached hydrogen (secondary N) is 2. The zero-order valence-corrected chi connectivity index (χ0v) is 25.4. The molecular weight excluding hydrogens is 590 g/mol. The number of primary amides is 2. The van der Waals surface area contributed by atoms with Gasteiger partial charge >= 0.3 is 5.97 Å². The Morgan fingerprint density at radius 1 is 1.05 bits per heavy atom. The fraction of sp³-hybridized carbons (Fsp3) is 0.345. The van der Waals surface area contributed by atoms with Crippen molar-refractivity contribution in [3.8, 4) is 5.75 Å². The lowest BCUT2D eigenvalue weighted by atomic mass is 10.0. The molecule has 44 heavy (non-hydrogen) atoms. The van der Waals surface area contributed by atoms with Gasteiger partial charge in [-0.3, -0.25) is 29.5 Å². The summed E-state index contributed by atoms with van der Waals surface area (Å²) in [5.41, 5.74) is 17.3. The van der Waals surface area contributed by atoms with E-state index in [0.29, 0.717) is 42.9 Å². The van der Waals surface area contributed by atoms with Crippen molar-refractivity contribution < 1.29 is 32.3 Å². The molecule has 0 aromatic heterocycles. The molecule has 0 saturated carbocycles. The van der Waals surface area contributed by atoms with Crippen LogP contribution in [0.3, 0.4) is 0 Å². The Bertz CT molecular complexity index is 1550. The number of anilines is 1. The van der Waals surface area contributed by atoms with Crippen molar-refractivity contribution in [3.05, 3.63) is 64.7 Å². The molecule has 0 aliphatic carbocycles. The molecule has 236 valence electrons. The van der Waals surface area contributed by atoms with Gasteiger partial charge in [0.05, 0.1) is 35.8 Å². The summed E-state index contributed by atoms with van der Waals surface area (Å²) in [6.45, 7) is 3.89. The quantitative estimate of drug-likeness (QED) is 0.122. The highest BCUT2D eigenvalue weighted by molar-refractivity contribution is 7.93. The number of hydrogen-bond acceptors (Lipinski definition) is 9. The van der Waals surface area contributed by atoms with E-state index in [2.05, 4.69) is 0 Å². The second-order valence-electron chi connectivity index (χ2n) is 10.0. The van der Waals surface area contributed by atoms with Crippen LogP contribution < -0.4 is 26.2 Å². The maximum Gasteiger partial charge on any atom is 0.323 e. The van der Waals surface area contributed by atoms with E-state index in [0.717, 1.165) is 4.31 Å². The number of ether oxygens (including phenoxy) is 2. The van der Waals surface area contributed by atoms with Gasteiger partial charge in [0, 0.05) is 31.5 Å². The standard InChI is InChI=1S/C29H37N7O7S/c1-3-42-25(37)17-44(40,41)36(11-5-7-19-6-4-8-20(14-19)27(31)32)21-15-23(28(33)38)26(24(16-21)29(34)39)43-22-9-12-35(13-10-22)18(2)30/h4-8,14-16,22,30H,3,9-13,17H2,1-2H3,(H3,31,32)(H2,33,38)(H2,34,39)/b7-5+,30-18?. The Kier molecular flexibility index (Phi) is 11.1. The molecule has 2 amide bonds. The summed E-state index contributed by atoms with van der Waals surface area (Å²) in [4.78, 5) is 39.3. The molecule has 0 spiro atoms. The third-order valence-corrected chi connectivity index (χ3v) is 8.45. The maximum atomic E-state index is 13.5. The number of likely N-dealkylation sites (tertiary alicyclic amines) is 1. The maximum absolute atomic E-state index is 13.5. The molecule has 1 fully saturated rings. The number of hydrogen-bond donors (Lipinski definition) is 5. The van der Waals surface area contributed by atoms with E-state index >= 15 is 0 Å². The van der Waals surface area contributed by atoms with Gasteiger partial charge in [-0.1, -0.05) is 30.4 Å². The van der Waals surface area contributed by atoms with Gasteiger partial charge in [-0.15, -0.1) is 0 Å². The molecule has 0 unspecified atom stereocenters. The van der Waals surface area contributed by atoms with Crippen LogP contribution in [-0.2, 0) is 19.6 Å². The van der Waals surface area contributed by atoms with E-state index < -0.39 is 39.7 Å². The highest BCUT2D eigenvalue weighted by Gasteiger charge is 2.31. The normalized spacial score (nSPS) is 13.8. The van der Waals surface area contributed by atoms with Gasteiger partial charge in [0.1, 0.15) is 17.7 Å². The molecule has 15 heteroatoms. The molecule has 14 nitrogen and oxygen atoms in total. The summed E-state index contributed by atoms with van der Waals surface area (Å²) in [6.07, 6.45) is 3.63. The number of amidine groups is 2. The molecule has 0 atom stereocenters. The molecular formula is C29H37N7O7S. The van der Waals surface area contributed by atoms with Crippen LogP contribution >= 0.6 is 0 Å². The molecule has 8 N–H and O–H groups in total. The molecule has 1 heterocycles. The second-order valence-corrected chi connectivity index (χ2v) is 11.9. The van der Waals surface area contributed by atoms with Crippen molar-refractivity contribution in [2.75, 3.05) is 36.3 Å². The minimum atomic E-state index is -4.43. The first-order chi connectivity index (χ1) is 20.7. The number of benzene rings is 2. The number of amides is 2. The van der Waals surface area contributed by atoms with Crippen LogP contribution in [0.25, 0.3) is 6.08 Å². The number of carbonyl (C=O) groups is 3. The van der Waals surface area contributed by atoms with Crippen molar-refractivity contribution in [3.63, 3.8) is 0 Å². The average Bonchev–Trinajstić information content (AvgIpc) is 2.95. The fourth-order valence-electron chi connectivity index (χ4n) is 4.63. The van der Waals surface area contributed by atoms with Crippen LogP contribution in [0, 0.1) is 10.8 Å². The Morgan fingerprint density at radius 2 is 1.66 bits per heavy atom. The summed E-state index contributed by atoms with van der Waals surface area (Å²) in [7, 11) is -4.43. The molecule has 1 aliphatic heterocycles. The van der Waals surface area contributed by atoms with Crippen LogP contribution in [0.15, 0.2) is 42.5 Å². The largest absolute Gasteiger partial charge is 0.489 e. The number of carbonyl (C=O) groups excluding carboxylic acids is 3. The minimum Gasteiger partial charge on any atom is -0.489 e. The third kappa shape index (κ3) is 8.56. The van der Waals surface area contributed by atoms with Crippen molar-refractivity contribution >= 4 is 51.2 Å². The predicted octanol–water partition coefficient (Wildman–Crippen LogP) is 1.42. The number of piperidine rings is 1. The number of nitrogens with zero attached hydrogens (tertiary/aromatic N) is 2. The second kappa shape index (κ2) is 14.5. The van der Waals surface area contributed by atoms with Gasteiger partial charge in [-0.25, -0.2) is 8.42 Å². The number of sulfonamides is 1. The van der Waals surface area contributed by atoms with Crippen molar-refractivity contribution in [1.82, 2.24) is 4.90 Å². The van der Waals surface area contributed by atoms with E-state index in [-0.39, 0.29) is 41.6 Å². The minimum absolute atomic E-state index is 0.0389. The topological polar surface area (TPSA) is 236 Å². The van der Waals surface area contributed by atoms with Gasteiger partial charge in [0.25, 0.3) is 11.8 Å². The van der Waals surface area contributed by atoms with Crippen molar-refractivity contribution in [2.45, 2.75) is 32.8 Å². The smallest absolute Gasteiger partial charge is 0.323 e. The first-order valence-corrected chi connectivity index (χ1v) is 15.4. The highest BCUT2D eigenvalue weighted by atomic mass is 32.2. The first kappa shape index (κ1) is 33.6.